The monoisotopic (exact) mass is 354 g/mol. The van der Waals surface area contributed by atoms with E-state index < -0.39 is 4.92 Å². The first-order valence-electron chi connectivity index (χ1n) is 8.05. The van der Waals surface area contributed by atoms with Crippen molar-refractivity contribution in [1.29, 1.82) is 0 Å². The van der Waals surface area contributed by atoms with Crippen LogP contribution in [-0.4, -0.2) is 29.6 Å². The highest BCUT2D eigenvalue weighted by Crippen LogP contribution is 2.38. The standard InChI is InChI=1S/C19H18N2O5/c1-13(14-6-4-3-5-7-14)20(2)19(22)9-8-15-10-17-18(26-12-25-17)11-16(15)21(23)24/h3-11,13H,12H2,1-2H3. The lowest BCUT2D eigenvalue weighted by Gasteiger charge is -2.24. The van der Waals surface area contributed by atoms with E-state index in [0.29, 0.717) is 11.5 Å². The molecule has 1 amide bonds. The Bertz CT molecular complexity index is 864. The van der Waals surface area contributed by atoms with Crippen molar-refractivity contribution in [3.63, 3.8) is 0 Å². The number of carbonyl (C=O) groups is 1. The SMILES string of the molecule is CC(c1ccccc1)N(C)C(=O)C=Cc1cc2c(cc1[N+](=O)[O-])OCO2. The minimum atomic E-state index is -0.511. The zero-order chi connectivity index (χ0) is 18.7. The lowest BCUT2D eigenvalue weighted by Crippen LogP contribution is -2.27. The fourth-order valence-corrected chi connectivity index (χ4v) is 2.66. The third kappa shape index (κ3) is 3.51. The lowest BCUT2D eigenvalue weighted by molar-refractivity contribution is -0.385. The molecule has 0 aliphatic carbocycles. The van der Waals surface area contributed by atoms with Crippen LogP contribution in [0.15, 0.2) is 48.5 Å². The van der Waals surface area contributed by atoms with Crippen LogP contribution >= 0.6 is 0 Å². The minimum absolute atomic E-state index is 0.0237. The van der Waals surface area contributed by atoms with Crippen LogP contribution in [-0.2, 0) is 4.79 Å². The van der Waals surface area contributed by atoms with Crippen LogP contribution in [0.2, 0.25) is 0 Å². The van der Waals surface area contributed by atoms with Crippen LogP contribution in [0.3, 0.4) is 0 Å². The number of nitrogens with zero attached hydrogens (tertiary/aromatic N) is 2. The second-order valence-corrected chi connectivity index (χ2v) is 5.89. The normalized spacial score (nSPS) is 13.6. The number of nitro benzene ring substituents is 1. The first-order valence-corrected chi connectivity index (χ1v) is 8.05. The number of hydrogen-bond donors (Lipinski definition) is 0. The van der Waals surface area contributed by atoms with Gasteiger partial charge < -0.3 is 14.4 Å². The van der Waals surface area contributed by atoms with E-state index in [9.17, 15) is 14.9 Å². The molecule has 1 aliphatic rings. The Morgan fingerprint density at radius 1 is 1.23 bits per heavy atom. The summed E-state index contributed by atoms with van der Waals surface area (Å²) in [4.78, 5) is 24.8. The van der Waals surface area contributed by atoms with Crippen molar-refractivity contribution in [1.82, 2.24) is 4.90 Å². The van der Waals surface area contributed by atoms with E-state index in [2.05, 4.69) is 0 Å². The van der Waals surface area contributed by atoms with E-state index in [1.54, 1.807) is 11.9 Å². The molecule has 26 heavy (non-hydrogen) atoms. The lowest BCUT2D eigenvalue weighted by atomic mass is 10.1. The van der Waals surface area contributed by atoms with Crippen LogP contribution in [0.4, 0.5) is 5.69 Å². The van der Waals surface area contributed by atoms with Crippen molar-refractivity contribution in [2.75, 3.05) is 13.8 Å². The number of ether oxygens (including phenoxy) is 2. The third-order valence-corrected chi connectivity index (χ3v) is 4.33. The van der Waals surface area contributed by atoms with Gasteiger partial charge >= 0.3 is 0 Å². The molecule has 0 bridgehead atoms. The summed E-state index contributed by atoms with van der Waals surface area (Å²) < 4.78 is 10.4. The molecule has 0 N–H and O–H groups in total. The number of hydrogen-bond acceptors (Lipinski definition) is 5. The van der Waals surface area contributed by atoms with Gasteiger partial charge in [-0.2, -0.15) is 0 Å². The van der Waals surface area contributed by atoms with Crippen molar-refractivity contribution < 1.29 is 19.2 Å². The van der Waals surface area contributed by atoms with E-state index in [-0.39, 0.29) is 30.0 Å². The van der Waals surface area contributed by atoms with Crippen molar-refractivity contribution >= 4 is 17.7 Å². The Morgan fingerprint density at radius 3 is 2.54 bits per heavy atom. The summed E-state index contributed by atoms with van der Waals surface area (Å²) in [6, 6.07) is 12.3. The molecule has 3 rings (SSSR count). The Balaban J connectivity index is 1.81. The van der Waals surface area contributed by atoms with E-state index >= 15 is 0 Å². The Morgan fingerprint density at radius 2 is 1.88 bits per heavy atom. The number of likely N-dealkylation sites (N-methyl/N-ethyl adjacent to an activating group) is 1. The highest BCUT2D eigenvalue weighted by Gasteiger charge is 2.22. The van der Waals surface area contributed by atoms with Gasteiger partial charge in [0.25, 0.3) is 5.69 Å². The average Bonchev–Trinajstić information content (AvgIpc) is 3.12. The number of benzene rings is 2. The summed E-state index contributed by atoms with van der Waals surface area (Å²) in [5.41, 5.74) is 1.15. The van der Waals surface area contributed by atoms with Gasteiger partial charge in [-0.3, -0.25) is 14.9 Å². The Labute approximate surface area is 150 Å². The topological polar surface area (TPSA) is 81.9 Å². The highest BCUT2D eigenvalue weighted by molar-refractivity contribution is 5.92. The van der Waals surface area contributed by atoms with Gasteiger partial charge in [0, 0.05) is 13.1 Å². The quantitative estimate of drug-likeness (QED) is 0.466. The molecular weight excluding hydrogens is 336 g/mol. The smallest absolute Gasteiger partial charge is 0.280 e. The molecule has 2 aromatic rings. The Hall–Kier alpha value is -3.35. The second-order valence-electron chi connectivity index (χ2n) is 5.89. The summed E-state index contributed by atoms with van der Waals surface area (Å²) >= 11 is 0. The number of amides is 1. The molecule has 0 radical (unpaired) electrons. The maximum absolute atomic E-state index is 12.5. The molecular formula is C19H18N2O5. The van der Waals surface area contributed by atoms with E-state index in [0.717, 1.165) is 5.56 Å². The number of rotatable bonds is 5. The van der Waals surface area contributed by atoms with Crippen molar-refractivity contribution in [2.45, 2.75) is 13.0 Å². The zero-order valence-corrected chi connectivity index (χ0v) is 14.4. The molecule has 2 aromatic carbocycles. The molecule has 0 fully saturated rings. The Kier molecular flexibility index (Phi) is 4.88. The maximum atomic E-state index is 12.5. The predicted octanol–water partition coefficient (Wildman–Crippen LogP) is 3.56. The van der Waals surface area contributed by atoms with Crippen molar-refractivity contribution in [3.8, 4) is 11.5 Å². The van der Waals surface area contributed by atoms with Gasteiger partial charge in [-0.15, -0.1) is 0 Å². The molecule has 7 heteroatoms. The predicted molar refractivity (Wildman–Crippen MR) is 95.9 cm³/mol. The summed E-state index contributed by atoms with van der Waals surface area (Å²) in [7, 11) is 1.69. The largest absolute Gasteiger partial charge is 0.454 e. The molecule has 1 atom stereocenters. The van der Waals surface area contributed by atoms with Gasteiger partial charge in [-0.1, -0.05) is 30.3 Å². The zero-order valence-electron chi connectivity index (χ0n) is 14.4. The third-order valence-electron chi connectivity index (χ3n) is 4.33. The molecule has 0 saturated carbocycles. The molecule has 0 aromatic heterocycles. The van der Waals surface area contributed by atoms with Gasteiger partial charge in [0.2, 0.25) is 12.7 Å². The second kappa shape index (κ2) is 7.26. The van der Waals surface area contributed by atoms with Crippen LogP contribution in [0.1, 0.15) is 24.1 Å². The maximum Gasteiger partial charge on any atom is 0.280 e. The first kappa shape index (κ1) is 17.5. The minimum Gasteiger partial charge on any atom is -0.454 e. The van der Waals surface area contributed by atoms with Gasteiger partial charge in [-0.05, 0) is 24.6 Å². The number of carbonyl (C=O) groups excluding carboxylic acids is 1. The van der Waals surface area contributed by atoms with Gasteiger partial charge in [0.15, 0.2) is 11.5 Å². The van der Waals surface area contributed by atoms with Gasteiger partial charge in [-0.25, -0.2) is 0 Å². The number of fused-ring (bicyclic) bond motifs is 1. The van der Waals surface area contributed by atoms with Gasteiger partial charge in [0.1, 0.15) is 0 Å². The highest BCUT2D eigenvalue weighted by atomic mass is 16.7. The summed E-state index contributed by atoms with van der Waals surface area (Å²) in [5, 5.41) is 11.3. The van der Waals surface area contributed by atoms with Crippen LogP contribution in [0, 0.1) is 10.1 Å². The van der Waals surface area contributed by atoms with E-state index in [1.807, 2.05) is 37.3 Å². The molecule has 1 aliphatic heterocycles. The summed E-state index contributed by atoms with van der Waals surface area (Å²) in [6.07, 6.45) is 2.75. The fraction of sp³-hybridized carbons (Fsp3) is 0.211. The molecule has 1 unspecified atom stereocenters. The molecule has 0 spiro atoms. The van der Waals surface area contributed by atoms with Crippen LogP contribution in [0.25, 0.3) is 6.08 Å². The molecule has 7 nitrogen and oxygen atoms in total. The molecule has 0 saturated heterocycles. The average molecular weight is 354 g/mol. The van der Waals surface area contributed by atoms with E-state index in [1.165, 1.54) is 24.3 Å². The molecule has 1 heterocycles. The molecule has 134 valence electrons. The fourth-order valence-electron chi connectivity index (χ4n) is 2.66. The van der Waals surface area contributed by atoms with Crippen molar-refractivity contribution in [2.24, 2.45) is 0 Å². The summed E-state index contributed by atoms with van der Waals surface area (Å²) in [6.45, 7) is 1.94. The first-order chi connectivity index (χ1) is 12.5. The van der Waals surface area contributed by atoms with Crippen LogP contribution in [0.5, 0.6) is 11.5 Å². The van der Waals surface area contributed by atoms with Gasteiger partial charge in [0.05, 0.1) is 22.6 Å². The van der Waals surface area contributed by atoms with Crippen molar-refractivity contribution in [3.05, 3.63) is 69.8 Å². The summed E-state index contributed by atoms with van der Waals surface area (Å²) in [5.74, 6) is 0.497. The number of nitro groups is 1. The van der Waals surface area contributed by atoms with Crippen LogP contribution < -0.4 is 9.47 Å². The van der Waals surface area contributed by atoms with E-state index in [4.69, 9.17) is 9.47 Å².